The van der Waals surface area contributed by atoms with Gasteiger partial charge >= 0.3 is 0 Å². The summed E-state index contributed by atoms with van der Waals surface area (Å²) in [6.07, 6.45) is 10.5. The summed E-state index contributed by atoms with van der Waals surface area (Å²) in [6.45, 7) is 0. The second-order valence-electron chi connectivity index (χ2n) is 6.63. The number of hydrogen-bond donors (Lipinski definition) is 1. The molecule has 1 saturated carbocycles. The molecule has 1 fully saturated rings. The van der Waals surface area contributed by atoms with Crippen molar-refractivity contribution >= 4 is 18.4 Å². The maximum absolute atomic E-state index is 5.45. The Morgan fingerprint density at radius 2 is 2.08 bits per heavy atom. The van der Waals surface area contributed by atoms with E-state index in [9.17, 15) is 0 Å². The molecule has 0 aliphatic heterocycles. The second kappa shape index (κ2) is 8.98. The van der Waals surface area contributed by atoms with Crippen molar-refractivity contribution in [3.05, 3.63) is 34.4 Å². The Labute approximate surface area is 159 Å². The van der Waals surface area contributed by atoms with E-state index in [1.165, 1.54) is 32.1 Å². The predicted octanol–water partition coefficient (Wildman–Crippen LogP) is 4.35. The van der Waals surface area contributed by atoms with E-state index in [1.54, 1.807) is 25.1 Å². The summed E-state index contributed by atoms with van der Waals surface area (Å²) in [4.78, 5) is 0. The molecule has 7 heteroatoms. The minimum Gasteiger partial charge on any atom is -0.493 e. The van der Waals surface area contributed by atoms with Crippen LogP contribution in [0.1, 0.15) is 49.9 Å². The van der Waals surface area contributed by atoms with E-state index in [4.69, 9.17) is 21.7 Å². The largest absolute Gasteiger partial charge is 0.493 e. The van der Waals surface area contributed by atoms with Gasteiger partial charge in [-0.25, -0.2) is 0 Å². The Bertz CT molecular complexity index is 806. The van der Waals surface area contributed by atoms with Crippen LogP contribution in [-0.4, -0.2) is 35.3 Å². The maximum Gasteiger partial charge on any atom is 0.216 e. The van der Waals surface area contributed by atoms with Gasteiger partial charge in [-0.2, -0.15) is 14.9 Å². The molecule has 1 aromatic heterocycles. The van der Waals surface area contributed by atoms with Crippen molar-refractivity contribution in [3.8, 4) is 11.5 Å². The highest BCUT2D eigenvalue weighted by atomic mass is 32.1. The van der Waals surface area contributed by atoms with E-state index in [0.717, 1.165) is 30.1 Å². The van der Waals surface area contributed by atoms with Crippen LogP contribution in [0.15, 0.2) is 23.3 Å². The maximum atomic E-state index is 5.45. The molecule has 0 spiro atoms. The fourth-order valence-electron chi connectivity index (χ4n) is 3.55. The summed E-state index contributed by atoms with van der Waals surface area (Å²) in [7, 11) is 3.24. The Kier molecular flexibility index (Phi) is 6.44. The van der Waals surface area contributed by atoms with E-state index in [1.807, 2.05) is 18.2 Å². The van der Waals surface area contributed by atoms with E-state index >= 15 is 0 Å². The zero-order valence-corrected chi connectivity index (χ0v) is 16.2. The van der Waals surface area contributed by atoms with Crippen molar-refractivity contribution in [2.45, 2.75) is 44.9 Å². The minimum absolute atomic E-state index is 0.502. The molecule has 0 radical (unpaired) electrons. The average molecular weight is 375 g/mol. The van der Waals surface area contributed by atoms with Gasteiger partial charge in [0.2, 0.25) is 4.77 Å². The van der Waals surface area contributed by atoms with Crippen LogP contribution < -0.4 is 9.47 Å². The van der Waals surface area contributed by atoms with E-state index in [-0.39, 0.29) is 0 Å². The lowest BCUT2D eigenvalue weighted by Crippen LogP contribution is -2.09. The van der Waals surface area contributed by atoms with Crippen LogP contribution in [0.3, 0.4) is 0 Å². The standard InChI is InChI=1S/C19H26N4O2S/c1-24-16-10-6-9-15(18(16)25-2)13-20-23-17(21-22-19(23)26)12-11-14-7-4-3-5-8-14/h6,9-10,13-14H,3-5,7-8,11-12H2,1-2H3,(H,22,26)/b20-13-. The van der Waals surface area contributed by atoms with Gasteiger partial charge < -0.3 is 9.47 Å². The van der Waals surface area contributed by atoms with Gasteiger partial charge in [0.05, 0.1) is 20.4 Å². The van der Waals surface area contributed by atoms with Crippen LogP contribution in [0.2, 0.25) is 0 Å². The molecular weight excluding hydrogens is 348 g/mol. The lowest BCUT2D eigenvalue weighted by atomic mass is 9.86. The molecule has 0 atom stereocenters. The second-order valence-corrected chi connectivity index (χ2v) is 7.01. The fraction of sp³-hybridized carbons (Fsp3) is 0.526. The first kappa shape index (κ1) is 18.6. The molecule has 140 valence electrons. The van der Waals surface area contributed by atoms with Gasteiger partial charge in [-0.05, 0) is 36.7 Å². The molecule has 26 heavy (non-hydrogen) atoms. The van der Waals surface area contributed by atoms with Crippen LogP contribution in [0.4, 0.5) is 0 Å². The number of H-pyrrole nitrogens is 1. The van der Waals surface area contributed by atoms with Crippen LogP contribution in [-0.2, 0) is 6.42 Å². The first-order valence-corrected chi connectivity index (χ1v) is 9.55. The van der Waals surface area contributed by atoms with E-state index < -0.39 is 0 Å². The normalized spacial score (nSPS) is 15.5. The number of nitrogens with one attached hydrogen (secondary N) is 1. The SMILES string of the molecule is COc1cccc(/C=N\n2c(CCC3CCCCC3)n[nH]c2=S)c1OC. The minimum atomic E-state index is 0.502. The molecular formula is C19H26N4O2S. The number of aromatic amines is 1. The number of nitrogens with zero attached hydrogens (tertiary/aromatic N) is 3. The first-order chi connectivity index (χ1) is 12.7. The number of methoxy groups -OCH3 is 2. The molecule has 6 nitrogen and oxygen atoms in total. The molecule has 0 amide bonds. The van der Waals surface area contributed by atoms with Gasteiger partial charge in [-0.3, -0.25) is 5.10 Å². The number of hydrogen-bond acceptors (Lipinski definition) is 5. The number of benzene rings is 1. The molecule has 0 bridgehead atoms. The Balaban J connectivity index is 1.76. The molecule has 1 aromatic carbocycles. The van der Waals surface area contributed by atoms with E-state index in [2.05, 4.69) is 15.3 Å². The zero-order valence-electron chi connectivity index (χ0n) is 15.4. The average Bonchev–Trinajstić information content (AvgIpc) is 3.04. The van der Waals surface area contributed by atoms with Crippen LogP contribution >= 0.6 is 12.2 Å². The van der Waals surface area contributed by atoms with Gasteiger partial charge in [0.15, 0.2) is 17.3 Å². The van der Waals surface area contributed by atoms with Crippen molar-refractivity contribution in [1.82, 2.24) is 14.9 Å². The van der Waals surface area contributed by atoms with Gasteiger partial charge in [0.25, 0.3) is 0 Å². The van der Waals surface area contributed by atoms with Crippen molar-refractivity contribution < 1.29 is 9.47 Å². The molecule has 1 heterocycles. The summed E-state index contributed by atoms with van der Waals surface area (Å²) in [6, 6.07) is 5.69. The smallest absolute Gasteiger partial charge is 0.216 e. The van der Waals surface area contributed by atoms with Gasteiger partial charge in [0, 0.05) is 12.0 Å². The predicted molar refractivity (Wildman–Crippen MR) is 105 cm³/mol. The third kappa shape index (κ3) is 4.33. The number of ether oxygens (including phenoxy) is 2. The Hall–Kier alpha value is -2.15. The van der Waals surface area contributed by atoms with E-state index in [0.29, 0.717) is 16.3 Å². The van der Waals surface area contributed by atoms with Crippen molar-refractivity contribution in [2.75, 3.05) is 14.2 Å². The monoisotopic (exact) mass is 374 g/mol. The highest BCUT2D eigenvalue weighted by Gasteiger charge is 2.15. The number of aromatic nitrogens is 3. The summed E-state index contributed by atoms with van der Waals surface area (Å²) < 4.78 is 13.0. The fourth-order valence-corrected chi connectivity index (χ4v) is 3.75. The topological polar surface area (TPSA) is 64.4 Å². The molecule has 1 aliphatic carbocycles. The third-order valence-corrected chi connectivity index (χ3v) is 5.23. The third-order valence-electron chi connectivity index (χ3n) is 4.96. The zero-order chi connectivity index (χ0) is 18.4. The van der Waals surface area contributed by atoms with Crippen LogP contribution in [0.25, 0.3) is 0 Å². The van der Waals surface area contributed by atoms with Gasteiger partial charge in [0.1, 0.15) is 0 Å². The molecule has 1 aliphatic rings. The van der Waals surface area contributed by atoms with Gasteiger partial charge in [-0.15, -0.1) is 0 Å². The number of para-hydroxylation sites is 1. The van der Waals surface area contributed by atoms with Crippen LogP contribution in [0.5, 0.6) is 11.5 Å². The molecule has 3 rings (SSSR count). The lowest BCUT2D eigenvalue weighted by Gasteiger charge is -2.20. The lowest BCUT2D eigenvalue weighted by molar-refractivity contribution is 0.336. The molecule has 2 aromatic rings. The summed E-state index contributed by atoms with van der Waals surface area (Å²) in [5, 5.41) is 11.8. The van der Waals surface area contributed by atoms with Crippen molar-refractivity contribution in [2.24, 2.45) is 11.0 Å². The highest BCUT2D eigenvalue weighted by Crippen LogP contribution is 2.30. The molecule has 1 N–H and O–H groups in total. The van der Waals surface area contributed by atoms with Crippen molar-refractivity contribution in [3.63, 3.8) is 0 Å². The molecule has 0 unspecified atom stereocenters. The van der Waals surface area contributed by atoms with Crippen LogP contribution in [0, 0.1) is 10.7 Å². The highest BCUT2D eigenvalue weighted by molar-refractivity contribution is 7.71. The Morgan fingerprint density at radius 1 is 1.27 bits per heavy atom. The summed E-state index contributed by atoms with van der Waals surface area (Å²) >= 11 is 5.34. The first-order valence-electron chi connectivity index (χ1n) is 9.14. The quantitative estimate of drug-likeness (QED) is 0.578. The summed E-state index contributed by atoms with van der Waals surface area (Å²) in [5.41, 5.74) is 0.827. The van der Waals surface area contributed by atoms with Crippen molar-refractivity contribution in [1.29, 1.82) is 0 Å². The summed E-state index contributed by atoms with van der Waals surface area (Å²) in [5.74, 6) is 2.99. The number of aryl methyl sites for hydroxylation is 1. The molecule has 0 saturated heterocycles. The number of rotatable bonds is 7. The van der Waals surface area contributed by atoms with Gasteiger partial charge in [-0.1, -0.05) is 38.2 Å². The Morgan fingerprint density at radius 3 is 2.81 bits per heavy atom.